The molecule has 0 aliphatic carbocycles. The number of para-hydroxylation sites is 1. The number of benzene rings is 2. The molecule has 0 atom stereocenters. The average molecular weight is 255 g/mol. The summed E-state index contributed by atoms with van der Waals surface area (Å²) in [4.78, 5) is 4.67. The van der Waals surface area contributed by atoms with Gasteiger partial charge in [0.25, 0.3) is 0 Å². The van der Waals surface area contributed by atoms with Crippen molar-refractivity contribution in [2.75, 3.05) is 0 Å². The van der Waals surface area contributed by atoms with Gasteiger partial charge in [0, 0.05) is 5.75 Å². The maximum Gasteiger partial charge on any atom is 0.0739 e. The molecule has 0 aliphatic heterocycles. The van der Waals surface area contributed by atoms with E-state index in [0.29, 0.717) is 0 Å². The van der Waals surface area contributed by atoms with Crippen molar-refractivity contribution in [3.63, 3.8) is 0 Å². The van der Waals surface area contributed by atoms with Crippen molar-refractivity contribution < 1.29 is 0 Å². The fourth-order valence-electron chi connectivity index (χ4n) is 1.60. The van der Waals surface area contributed by atoms with Gasteiger partial charge < -0.3 is 0 Å². The molecule has 2 heteroatoms. The largest absolute Gasteiger partial charge is 0.247 e. The van der Waals surface area contributed by atoms with E-state index in [1.807, 2.05) is 48.2 Å². The smallest absolute Gasteiger partial charge is 0.0739 e. The van der Waals surface area contributed by atoms with Crippen LogP contribution in [0.3, 0.4) is 0 Å². The van der Waals surface area contributed by atoms with Gasteiger partial charge in [0.2, 0.25) is 0 Å². The number of thioether (sulfide) groups is 1. The van der Waals surface area contributed by atoms with Gasteiger partial charge in [0.15, 0.2) is 0 Å². The Bertz CT molecular complexity index is 491. The Labute approximate surface area is 113 Å². The molecule has 0 unspecified atom stereocenters. The lowest BCUT2D eigenvalue weighted by atomic mass is 10.2. The Morgan fingerprint density at radius 1 is 0.944 bits per heavy atom. The molecule has 2 aromatic carbocycles. The van der Waals surface area contributed by atoms with Gasteiger partial charge in [0.05, 0.1) is 10.7 Å². The highest BCUT2D eigenvalue weighted by Crippen LogP contribution is 2.20. The van der Waals surface area contributed by atoms with Crippen molar-refractivity contribution in [2.24, 2.45) is 4.99 Å². The molecule has 0 aliphatic rings. The first-order chi connectivity index (χ1) is 8.88. The Morgan fingerprint density at radius 3 is 2.17 bits per heavy atom. The van der Waals surface area contributed by atoms with Crippen molar-refractivity contribution >= 4 is 22.5 Å². The maximum atomic E-state index is 4.67. The molecule has 0 N–H and O–H groups in total. The molecule has 2 rings (SSSR count). The van der Waals surface area contributed by atoms with Gasteiger partial charge in [-0.3, -0.25) is 0 Å². The first kappa shape index (κ1) is 12.9. The van der Waals surface area contributed by atoms with E-state index in [1.54, 1.807) is 0 Å². The molecule has 0 saturated heterocycles. The molecule has 0 fully saturated rings. The topological polar surface area (TPSA) is 12.4 Å². The Balaban J connectivity index is 2.00. The third-order valence-electron chi connectivity index (χ3n) is 2.56. The summed E-state index contributed by atoms with van der Waals surface area (Å²) in [6.45, 7) is 2.15. The monoisotopic (exact) mass is 255 g/mol. The predicted octanol–water partition coefficient (Wildman–Crippen LogP) is 5.06. The van der Waals surface area contributed by atoms with Gasteiger partial charge in [-0.2, -0.15) is 0 Å². The second-order valence-corrected chi connectivity index (χ2v) is 5.02. The van der Waals surface area contributed by atoms with Crippen LogP contribution in [0.2, 0.25) is 0 Å². The summed E-state index contributed by atoms with van der Waals surface area (Å²) in [6.07, 6.45) is 0.979. The maximum absolute atomic E-state index is 4.67. The Hall–Kier alpha value is -1.54. The van der Waals surface area contributed by atoms with Crippen LogP contribution in [-0.2, 0) is 5.75 Å². The lowest BCUT2D eigenvalue weighted by molar-refractivity contribution is 1.30. The zero-order valence-corrected chi connectivity index (χ0v) is 11.4. The molecular weight excluding hydrogens is 238 g/mol. The van der Waals surface area contributed by atoms with Crippen molar-refractivity contribution in [1.29, 1.82) is 0 Å². The number of hydrogen-bond acceptors (Lipinski definition) is 2. The number of aliphatic imine (C=N–C) groups is 1. The second-order valence-electron chi connectivity index (χ2n) is 3.97. The molecule has 0 aromatic heterocycles. The van der Waals surface area contributed by atoms with Crippen LogP contribution in [0, 0.1) is 0 Å². The van der Waals surface area contributed by atoms with Gasteiger partial charge >= 0.3 is 0 Å². The SMILES string of the molecule is CCC(=Nc1ccccc1)SCc1ccccc1. The van der Waals surface area contributed by atoms with Crippen LogP contribution >= 0.6 is 11.8 Å². The molecule has 0 radical (unpaired) electrons. The molecule has 92 valence electrons. The first-order valence-corrected chi connectivity index (χ1v) is 7.16. The van der Waals surface area contributed by atoms with Crippen LogP contribution < -0.4 is 0 Å². The third-order valence-corrected chi connectivity index (χ3v) is 3.75. The zero-order valence-electron chi connectivity index (χ0n) is 10.5. The minimum atomic E-state index is 0.979. The van der Waals surface area contributed by atoms with Crippen molar-refractivity contribution in [3.8, 4) is 0 Å². The van der Waals surface area contributed by atoms with Crippen molar-refractivity contribution in [3.05, 3.63) is 66.2 Å². The first-order valence-electron chi connectivity index (χ1n) is 6.18. The minimum Gasteiger partial charge on any atom is -0.247 e. The fraction of sp³-hybridized carbons (Fsp3) is 0.188. The van der Waals surface area contributed by atoms with Crippen LogP contribution in [0.5, 0.6) is 0 Å². The summed E-state index contributed by atoms with van der Waals surface area (Å²) >= 11 is 1.82. The van der Waals surface area contributed by atoms with Crippen LogP contribution in [0.25, 0.3) is 0 Å². The number of nitrogens with zero attached hydrogens (tertiary/aromatic N) is 1. The average Bonchev–Trinajstić information content (AvgIpc) is 2.45. The van der Waals surface area contributed by atoms with Crippen molar-refractivity contribution in [1.82, 2.24) is 0 Å². The van der Waals surface area contributed by atoms with Crippen LogP contribution in [0.1, 0.15) is 18.9 Å². The highest BCUT2D eigenvalue weighted by molar-refractivity contribution is 8.13. The van der Waals surface area contributed by atoms with Gasteiger partial charge in [-0.05, 0) is 24.1 Å². The summed E-state index contributed by atoms with van der Waals surface area (Å²) in [6, 6.07) is 20.7. The molecule has 18 heavy (non-hydrogen) atoms. The fourth-order valence-corrected chi connectivity index (χ4v) is 2.50. The number of hydrogen-bond donors (Lipinski definition) is 0. The molecule has 0 amide bonds. The molecular formula is C16H17NS. The normalized spacial score (nSPS) is 11.5. The highest BCUT2D eigenvalue weighted by atomic mass is 32.2. The van der Waals surface area contributed by atoms with Crippen molar-refractivity contribution in [2.45, 2.75) is 19.1 Å². The Morgan fingerprint density at radius 2 is 1.56 bits per heavy atom. The van der Waals surface area contributed by atoms with Crippen LogP contribution in [0.4, 0.5) is 5.69 Å². The molecule has 0 spiro atoms. The summed E-state index contributed by atoms with van der Waals surface area (Å²) in [7, 11) is 0. The molecule has 0 saturated carbocycles. The molecule has 0 bridgehead atoms. The van der Waals surface area contributed by atoms with E-state index >= 15 is 0 Å². The zero-order chi connectivity index (χ0) is 12.6. The third kappa shape index (κ3) is 4.04. The highest BCUT2D eigenvalue weighted by Gasteiger charge is 1.99. The van der Waals surface area contributed by atoms with E-state index in [0.717, 1.165) is 17.9 Å². The molecule has 2 aromatic rings. The predicted molar refractivity (Wildman–Crippen MR) is 81.6 cm³/mol. The quantitative estimate of drug-likeness (QED) is 0.549. The van der Waals surface area contributed by atoms with Gasteiger partial charge in [-0.1, -0.05) is 55.5 Å². The van der Waals surface area contributed by atoms with E-state index < -0.39 is 0 Å². The van der Waals surface area contributed by atoms with E-state index in [4.69, 9.17) is 0 Å². The summed E-state index contributed by atoms with van der Waals surface area (Å²) in [5, 5.41) is 1.19. The van der Waals surface area contributed by atoms with E-state index in [-0.39, 0.29) is 0 Å². The number of rotatable bonds is 4. The summed E-state index contributed by atoms with van der Waals surface area (Å²) in [5.74, 6) is 0.986. The van der Waals surface area contributed by atoms with Crippen LogP contribution in [-0.4, -0.2) is 5.04 Å². The minimum absolute atomic E-state index is 0.979. The summed E-state index contributed by atoms with van der Waals surface area (Å²) < 4.78 is 0. The van der Waals surface area contributed by atoms with Gasteiger partial charge in [0.1, 0.15) is 0 Å². The lowest BCUT2D eigenvalue weighted by Gasteiger charge is -2.04. The Kier molecular flexibility index (Phi) is 5.03. The van der Waals surface area contributed by atoms with Crippen LogP contribution in [0.15, 0.2) is 65.7 Å². The van der Waals surface area contributed by atoms with E-state index in [9.17, 15) is 0 Å². The lowest BCUT2D eigenvalue weighted by Crippen LogP contribution is -1.90. The van der Waals surface area contributed by atoms with Gasteiger partial charge in [-0.15, -0.1) is 11.8 Å². The van der Waals surface area contributed by atoms with E-state index in [1.165, 1.54) is 10.6 Å². The molecule has 0 heterocycles. The molecule has 1 nitrogen and oxygen atoms in total. The summed E-state index contributed by atoms with van der Waals surface area (Å²) in [5.41, 5.74) is 2.38. The van der Waals surface area contributed by atoms with Gasteiger partial charge in [-0.25, -0.2) is 4.99 Å². The second kappa shape index (κ2) is 7.02. The van der Waals surface area contributed by atoms with E-state index in [2.05, 4.69) is 36.2 Å². The standard InChI is InChI=1S/C16H17NS/c1-2-16(17-15-11-7-4-8-12-15)18-13-14-9-5-3-6-10-14/h3-12H,2,13H2,1H3.